The molecule has 124 valence electrons. The smallest absolute Gasteiger partial charge is 0.269 e. The van der Waals surface area contributed by atoms with E-state index in [1.54, 1.807) is 16.9 Å². The lowest BCUT2D eigenvalue weighted by Gasteiger charge is -2.15. The summed E-state index contributed by atoms with van der Waals surface area (Å²) in [6.45, 7) is 5.79. The molecule has 0 unspecified atom stereocenters. The van der Waals surface area contributed by atoms with E-state index in [9.17, 15) is 4.79 Å². The van der Waals surface area contributed by atoms with E-state index >= 15 is 0 Å². The van der Waals surface area contributed by atoms with Crippen LogP contribution in [0.3, 0.4) is 0 Å². The van der Waals surface area contributed by atoms with Crippen LogP contribution in [0.5, 0.6) is 0 Å². The molecule has 1 aromatic carbocycles. The molecular weight excluding hydrogens is 290 g/mol. The molecule has 0 aliphatic heterocycles. The quantitative estimate of drug-likeness (QED) is 0.724. The van der Waals surface area contributed by atoms with Crippen molar-refractivity contribution in [2.45, 2.75) is 45.9 Å². The van der Waals surface area contributed by atoms with Crippen molar-refractivity contribution in [1.29, 1.82) is 0 Å². The summed E-state index contributed by atoms with van der Waals surface area (Å²) >= 11 is 0. The van der Waals surface area contributed by atoms with Crippen LogP contribution in [0.15, 0.2) is 42.6 Å². The third-order valence-electron chi connectivity index (χ3n) is 3.83. The fourth-order valence-electron chi connectivity index (χ4n) is 2.37. The number of hydrogen-bond donors (Lipinski definition) is 1. The van der Waals surface area contributed by atoms with Gasteiger partial charge in [-0.3, -0.25) is 9.48 Å². The molecule has 0 aliphatic rings. The van der Waals surface area contributed by atoms with E-state index in [2.05, 4.69) is 24.3 Å². The topological polar surface area (TPSA) is 56.2 Å². The van der Waals surface area contributed by atoms with Crippen molar-refractivity contribution in [3.05, 3.63) is 53.9 Å². The Hall–Kier alpha value is -2.14. The zero-order valence-corrected chi connectivity index (χ0v) is 13.9. The van der Waals surface area contributed by atoms with Crippen LogP contribution in [0, 0.1) is 0 Å². The van der Waals surface area contributed by atoms with Crippen LogP contribution < -0.4 is 5.32 Å². The molecule has 0 bridgehead atoms. The fourth-order valence-corrected chi connectivity index (χ4v) is 2.37. The Bertz CT molecular complexity index is 591. The maximum Gasteiger partial charge on any atom is 0.269 e. The lowest BCUT2D eigenvalue weighted by molar-refractivity contribution is 0.0907. The molecule has 0 spiro atoms. The second-order valence-electron chi connectivity index (χ2n) is 5.46. The predicted octanol–water partition coefficient (Wildman–Crippen LogP) is 3.02. The van der Waals surface area contributed by atoms with Gasteiger partial charge in [-0.15, -0.1) is 0 Å². The fraction of sp³-hybridized carbons (Fsp3) is 0.444. The van der Waals surface area contributed by atoms with Crippen LogP contribution in [0.25, 0.3) is 0 Å². The van der Waals surface area contributed by atoms with Crippen molar-refractivity contribution in [2.75, 3.05) is 6.61 Å². The molecule has 2 rings (SSSR count). The van der Waals surface area contributed by atoms with Crippen molar-refractivity contribution >= 4 is 5.91 Å². The first-order valence-corrected chi connectivity index (χ1v) is 8.19. The number of carbonyl (C=O) groups excluding carboxylic acids is 1. The van der Waals surface area contributed by atoms with Gasteiger partial charge in [-0.05, 0) is 24.5 Å². The highest BCUT2D eigenvalue weighted by Gasteiger charge is 2.14. The number of benzene rings is 1. The molecular formula is C18H25N3O2. The Balaban J connectivity index is 1.82. The van der Waals surface area contributed by atoms with Crippen LogP contribution >= 0.6 is 0 Å². The summed E-state index contributed by atoms with van der Waals surface area (Å²) in [5.41, 5.74) is 1.72. The number of ether oxygens (including phenoxy) is 1. The number of carbonyl (C=O) groups is 1. The maximum absolute atomic E-state index is 12.3. The van der Waals surface area contributed by atoms with Crippen LogP contribution in [0.2, 0.25) is 0 Å². The van der Waals surface area contributed by atoms with Crippen molar-refractivity contribution in [1.82, 2.24) is 15.1 Å². The summed E-state index contributed by atoms with van der Waals surface area (Å²) in [7, 11) is 0. The molecule has 2 aromatic rings. The molecule has 5 nitrogen and oxygen atoms in total. The van der Waals surface area contributed by atoms with Gasteiger partial charge in [-0.1, -0.05) is 44.2 Å². The Morgan fingerprint density at radius 2 is 1.96 bits per heavy atom. The molecule has 1 aromatic heterocycles. The van der Waals surface area contributed by atoms with E-state index in [1.165, 1.54) is 0 Å². The van der Waals surface area contributed by atoms with Gasteiger partial charge < -0.3 is 10.1 Å². The van der Waals surface area contributed by atoms with Gasteiger partial charge in [0.25, 0.3) is 5.91 Å². The number of nitrogens with one attached hydrogen (secondary N) is 1. The normalized spacial score (nSPS) is 10.9. The first kappa shape index (κ1) is 17.2. The number of amides is 1. The van der Waals surface area contributed by atoms with Crippen LogP contribution in [-0.2, 0) is 17.9 Å². The highest BCUT2D eigenvalue weighted by atomic mass is 16.5. The van der Waals surface area contributed by atoms with Gasteiger partial charge in [-0.25, -0.2) is 0 Å². The Kier molecular flexibility index (Phi) is 6.81. The summed E-state index contributed by atoms with van der Waals surface area (Å²) in [6.07, 6.45) is 3.51. The standard InChI is InChI=1S/C18H25N3O2/c1-3-16(4-2)20-18(22)17-10-11-19-21(17)12-13-23-14-15-8-6-5-7-9-15/h5-11,16H,3-4,12-14H2,1-2H3,(H,20,22). The zero-order valence-electron chi connectivity index (χ0n) is 13.9. The Morgan fingerprint density at radius 3 is 2.65 bits per heavy atom. The van der Waals surface area contributed by atoms with Gasteiger partial charge >= 0.3 is 0 Å². The first-order chi connectivity index (χ1) is 11.2. The minimum absolute atomic E-state index is 0.0701. The van der Waals surface area contributed by atoms with E-state index in [4.69, 9.17) is 4.74 Å². The van der Waals surface area contributed by atoms with Gasteiger partial charge in [0.1, 0.15) is 5.69 Å². The van der Waals surface area contributed by atoms with Crippen LogP contribution in [0.4, 0.5) is 0 Å². The molecule has 0 saturated heterocycles. The van der Waals surface area contributed by atoms with Crippen LogP contribution in [-0.4, -0.2) is 28.3 Å². The van der Waals surface area contributed by atoms with Gasteiger partial charge in [0.2, 0.25) is 0 Å². The van der Waals surface area contributed by atoms with Crippen molar-refractivity contribution in [3.8, 4) is 0 Å². The van der Waals surface area contributed by atoms with Gasteiger partial charge in [0.05, 0.1) is 19.8 Å². The zero-order chi connectivity index (χ0) is 16.5. The number of hydrogen-bond acceptors (Lipinski definition) is 3. The summed E-state index contributed by atoms with van der Waals surface area (Å²) in [5.74, 6) is -0.0701. The van der Waals surface area contributed by atoms with E-state index < -0.39 is 0 Å². The summed E-state index contributed by atoms with van der Waals surface area (Å²) in [4.78, 5) is 12.3. The highest BCUT2D eigenvalue weighted by molar-refractivity contribution is 5.92. The molecule has 1 N–H and O–H groups in total. The summed E-state index contributed by atoms with van der Waals surface area (Å²) < 4.78 is 7.36. The lowest BCUT2D eigenvalue weighted by atomic mass is 10.1. The maximum atomic E-state index is 12.3. The third kappa shape index (κ3) is 5.21. The van der Waals surface area contributed by atoms with Gasteiger partial charge in [0.15, 0.2) is 0 Å². The Labute approximate surface area is 137 Å². The minimum atomic E-state index is -0.0701. The Morgan fingerprint density at radius 1 is 1.22 bits per heavy atom. The van der Waals surface area contributed by atoms with E-state index in [-0.39, 0.29) is 11.9 Å². The monoisotopic (exact) mass is 315 g/mol. The molecule has 1 heterocycles. The molecule has 5 heteroatoms. The molecule has 1 amide bonds. The first-order valence-electron chi connectivity index (χ1n) is 8.19. The highest BCUT2D eigenvalue weighted by Crippen LogP contribution is 2.04. The molecule has 23 heavy (non-hydrogen) atoms. The van der Waals surface area contributed by atoms with Gasteiger partial charge in [-0.2, -0.15) is 5.10 Å². The summed E-state index contributed by atoms with van der Waals surface area (Å²) in [5, 5.41) is 7.25. The largest absolute Gasteiger partial charge is 0.375 e. The van der Waals surface area contributed by atoms with E-state index in [0.29, 0.717) is 25.5 Å². The van der Waals surface area contributed by atoms with Crippen molar-refractivity contribution < 1.29 is 9.53 Å². The SMILES string of the molecule is CCC(CC)NC(=O)c1ccnn1CCOCc1ccccc1. The molecule has 0 atom stereocenters. The number of nitrogens with zero attached hydrogens (tertiary/aromatic N) is 2. The number of aromatic nitrogens is 2. The van der Waals surface area contributed by atoms with Crippen molar-refractivity contribution in [3.63, 3.8) is 0 Å². The molecule has 0 aliphatic carbocycles. The average molecular weight is 315 g/mol. The molecule has 0 saturated carbocycles. The second-order valence-corrected chi connectivity index (χ2v) is 5.46. The lowest BCUT2D eigenvalue weighted by Crippen LogP contribution is -2.35. The van der Waals surface area contributed by atoms with Crippen LogP contribution in [0.1, 0.15) is 42.7 Å². The second kappa shape index (κ2) is 9.10. The van der Waals surface area contributed by atoms with E-state index in [0.717, 1.165) is 18.4 Å². The van der Waals surface area contributed by atoms with Crippen molar-refractivity contribution in [2.24, 2.45) is 0 Å². The third-order valence-corrected chi connectivity index (χ3v) is 3.83. The molecule has 0 radical (unpaired) electrons. The minimum Gasteiger partial charge on any atom is -0.375 e. The molecule has 0 fully saturated rings. The average Bonchev–Trinajstić information content (AvgIpc) is 3.06. The van der Waals surface area contributed by atoms with Gasteiger partial charge in [0, 0.05) is 12.2 Å². The van der Waals surface area contributed by atoms with E-state index in [1.807, 2.05) is 30.3 Å². The number of rotatable bonds is 9. The predicted molar refractivity (Wildman–Crippen MR) is 90.2 cm³/mol. The summed E-state index contributed by atoms with van der Waals surface area (Å²) in [6, 6.07) is 12.0.